The third-order valence-electron chi connectivity index (χ3n) is 5.61. The summed E-state index contributed by atoms with van der Waals surface area (Å²) >= 11 is 0. The van der Waals surface area contributed by atoms with Crippen molar-refractivity contribution in [2.45, 2.75) is 20.8 Å². The van der Waals surface area contributed by atoms with Crippen molar-refractivity contribution in [3.05, 3.63) is 95.6 Å². The molecule has 0 saturated heterocycles. The highest BCUT2D eigenvalue weighted by molar-refractivity contribution is 5.82. The van der Waals surface area contributed by atoms with Crippen LogP contribution in [0, 0.1) is 20.8 Å². The van der Waals surface area contributed by atoms with E-state index in [9.17, 15) is 15.3 Å². The van der Waals surface area contributed by atoms with Gasteiger partial charge < -0.3 is 25.0 Å². The van der Waals surface area contributed by atoms with Gasteiger partial charge in [0.1, 0.15) is 28.7 Å². The minimum atomic E-state index is 0.184. The second kappa shape index (κ2) is 8.55. The zero-order chi connectivity index (χ0) is 22.8. The normalized spacial score (nSPS) is 10.7. The molecule has 162 valence electrons. The molecule has 0 aliphatic rings. The molecule has 5 nitrogen and oxygen atoms in total. The van der Waals surface area contributed by atoms with E-state index in [4.69, 9.17) is 4.74 Å². The van der Waals surface area contributed by atoms with E-state index in [2.05, 4.69) is 0 Å². The van der Waals surface area contributed by atoms with Gasteiger partial charge in [-0.1, -0.05) is 18.2 Å². The Balaban J connectivity index is 1.77. The number of ether oxygens (including phenoxy) is 1. The van der Waals surface area contributed by atoms with Gasteiger partial charge in [0.15, 0.2) is 0 Å². The van der Waals surface area contributed by atoms with Crippen molar-refractivity contribution >= 4 is 17.1 Å². The fraction of sp³-hybridized carbons (Fsp3) is 0.111. The Kier molecular flexibility index (Phi) is 5.65. The minimum Gasteiger partial charge on any atom is -0.508 e. The van der Waals surface area contributed by atoms with Gasteiger partial charge in [0, 0.05) is 22.4 Å². The number of rotatable bonds is 5. The number of benzene rings is 4. The number of nitrogens with zero attached hydrogens (tertiary/aromatic N) is 1. The second-order valence-electron chi connectivity index (χ2n) is 7.67. The van der Waals surface area contributed by atoms with E-state index >= 15 is 0 Å². The van der Waals surface area contributed by atoms with E-state index in [1.807, 2.05) is 61.2 Å². The highest BCUT2D eigenvalue weighted by Crippen LogP contribution is 2.42. The average molecular weight is 428 g/mol. The Morgan fingerprint density at radius 2 is 1.03 bits per heavy atom. The van der Waals surface area contributed by atoms with E-state index in [0.29, 0.717) is 17.1 Å². The SMILES string of the molecule is Cc1c(O)cccc1Oc1ccc(N(c2cccc(O)c2C)c2cccc(O)c2C)cc1. The Morgan fingerprint density at radius 1 is 0.562 bits per heavy atom. The zero-order valence-corrected chi connectivity index (χ0v) is 18.2. The van der Waals surface area contributed by atoms with Crippen molar-refractivity contribution in [3.8, 4) is 28.7 Å². The van der Waals surface area contributed by atoms with Crippen molar-refractivity contribution in [1.82, 2.24) is 0 Å². The monoisotopic (exact) mass is 427 g/mol. The van der Waals surface area contributed by atoms with Crippen LogP contribution in [0.15, 0.2) is 78.9 Å². The number of phenols is 3. The molecule has 0 amide bonds. The van der Waals surface area contributed by atoms with E-state index in [1.54, 1.807) is 43.3 Å². The van der Waals surface area contributed by atoms with Gasteiger partial charge >= 0.3 is 0 Å². The third-order valence-corrected chi connectivity index (χ3v) is 5.61. The summed E-state index contributed by atoms with van der Waals surface area (Å²) in [5.41, 5.74) is 4.57. The van der Waals surface area contributed by atoms with Crippen LogP contribution in [0.3, 0.4) is 0 Å². The topological polar surface area (TPSA) is 73.2 Å². The Bertz CT molecular complexity index is 1210. The molecule has 0 bridgehead atoms. The van der Waals surface area contributed by atoms with Crippen LogP contribution >= 0.6 is 0 Å². The fourth-order valence-electron chi connectivity index (χ4n) is 3.62. The summed E-state index contributed by atoms with van der Waals surface area (Å²) in [6, 6.07) is 23.5. The number of aromatic hydroxyl groups is 3. The van der Waals surface area contributed by atoms with Crippen molar-refractivity contribution in [3.63, 3.8) is 0 Å². The smallest absolute Gasteiger partial charge is 0.134 e. The lowest BCUT2D eigenvalue weighted by Crippen LogP contribution is -2.12. The number of hydrogen-bond donors (Lipinski definition) is 3. The lowest BCUT2D eigenvalue weighted by Gasteiger charge is -2.29. The maximum atomic E-state index is 10.3. The summed E-state index contributed by atoms with van der Waals surface area (Å²) in [6.45, 7) is 5.52. The van der Waals surface area contributed by atoms with E-state index < -0.39 is 0 Å². The Hall–Kier alpha value is -4.12. The van der Waals surface area contributed by atoms with Crippen molar-refractivity contribution in [1.29, 1.82) is 0 Å². The maximum Gasteiger partial charge on any atom is 0.134 e. The van der Waals surface area contributed by atoms with Gasteiger partial charge in [0.2, 0.25) is 0 Å². The number of hydrogen-bond acceptors (Lipinski definition) is 5. The Morgan fingerprint density at radius 3 is 1.56 bits per heavy atom. The van der Waals surface area contributed by atoms with Crippen molar-refractivity contribution < 1.29 is 20.1 Å². The second-order valence-corrected chi connectivity index (χ2v) is 7.67. The summed E-state index contributed by atoms with van der Waals surface area (Å²) in [7, 11) is 0. The molecular weight excluding hydrogens is 402 g/mol. The van der Waals surface area contributed by atoms with Crippen LogP contribution in [-0.2, 0) is 0 Å². The van der Waals surface area contributed by atoms with Gasteiger partial charge in [0.25, 0.3) is 0 Å². The highest BCUT2D eigenvalue weighted by Gasteiger charge is 2.19. The molecule has 4 aromatic carbocycles. The zero-order valence-electron chi connectivity index (χ0n) is 18.2. The van der Waals surface area contributed by atoms with Gasteiger partial charge in [-0.25, -0.2) is 0 Å². The van der Waals surface area contributed by atoms with Crippen LogP contribution in [0.2, 0.25) is 0 Å². The molecule has 0 radical (unpaired) electrons. The largest absolute Gasteiger partial charge is 0.508 e. The van der Waals surface area contributed by atoms with Gasteiger partial charge in [-0.3, -0.25) is 0 Å². The van der Waals surface area contributed by atoms with Crippen LogP contribution in [0.1, 0.15) is 16.7 Å². The summed E-state index contributed by atoms with van der Waals surface area (Å²) in [6.07, 6.45) is 0. The molecule has 0 aliphatic carbocycles. The number of phenolic OH excluding ortho intramolecular Hbond substituents is 3. The Labute approximate surface area is 187 Å². The van der Waals surface area contributed by atoms with Crippen LogP contribution in [-0.4, -0.2) is 15.3 Å². The summed E-state index contributed by atoms with van der Waals surface area (Å²) in [4.78, 5) is 1.99. The standard InChI is InChI=1S/C27H25NO4/c1-17-22(7-4-9-24(17)29)28(23-8-5-10-25(30)18(23)2)20-13-15-21(16-14-20)32-27-12-6-11-26(31)19(27)3/h4-16,29-31H,1-3H3. The lowest BCUT2D eigenvalue weighted by molar-refractivity contribution is 0.448. The molecule has 0 heterocycles. The third kappa shape index (κ3) is 3.93. The molecule has 0 unspecified atom stereocenters. The first-order valence-corrected chi connectivity index (χ1v) is 10.3. The average Bonchev–Trinajstić information content (AvgIpc) is 2.78. The van der Waals surface area contributed by atoms with E-state index in [-0.39, 0.29) is 17.2 Å². The molecule has 3 N–H and O–H groups in total. The highest BCUT2D eigenvalue weighted by atomic mass is 16.5. The van der Waals surface area contributed by atoms with E-state index in [1.165, 1.54) is 0 Å². The fourth-order valence-corrected chi connectivity index (χ4v) is 3.62. The van der Waals surface area contributed by atoms with Gasteiger partial charge in [0.05, 0.1) is 11.4 Å². The molecule has 0 aliphatic heterocycles. The predicted octanol–water partition coefficient (Wildman–Crippen LogP) is 6.99. The van der Waals surface area contributed by atoms with Gasteiger partial charge in [-0.05, 0) is 81.4 Å². The molecule has 4 aromatic rings. The quantitative estimate of drug-likeness (QED) is 0.320. The first-order valence-electron chi connectivity index (χ1n) is 10.3. The molecule has 4 rings (SSSR count). The maximum absolute atomic E-state index is 10.3. The lowest BCUT2D eigenvalue weighted by atomic mass is 10.1. The summed E-state index contributed by atoms with van der Waals surface area (Å²) in [5.74, 6) is 1.79. The molecule has 5 heteroatoms. The molecule has 0 fully saturated rings. The summed E-state index contributed by atoms with van der Waals surface area (Å²) in [5, 5.41) is 30.5. The summed E-state index contributed by atoms with van der Waals surface area (Å²) < 4.78 is 5.96. The first kappa shape index (κ1) is 21.1. The minimum absolute atomic E-state index is 0.184. The first-order chi connectivity index (χ1) is 15.4. The number of anilines is 3. The van der Waals surface area contributed by atoms with Gasteiger partial charge in [-0.2, -0.15) is 0 Å². The molecule has 0 atom stereocenters. The van der Waals surface area contributed by atoms with Gasteiger partial charge in [-0.15, -0.1) is 0 Å². The van der Waals surface area contributed by atoms with Crippen LogP contribution in [0.5, 0.6) is 28.7 Å². The van der Waals surface area contributed by atoms with E-state index in [0.717, 1.165) is 28.2 Å². The molecule has 0 spiro atoms. The predicted molar refractivity (Wildman–Crippen MR) is 127 cm³/mol. The molecule has 32 heavy (non-hydrogen) atoms. The van der Waals surface area contributed by atoms with Crippen molar-refractivity contribution in [2.75, 3.05) is 4.90 Å². The molecule has 0 aromatic heterocycles. The van der Waals surface area contributed by atoms with Crippen LogP contribution in [0.4, 0.5) is 17.1 Å². The van der Waals surface area contributed by atoms with Crippen LogP contribution in [0.25, 0.3) is 0 Å². The molecular formula is C27H25NO4. The molecule has 0 saturated carbocycles. The van der Waals surface area contributed by atoms with Crippen molar-refractivity contribution in [2.24, 2.45) is 0 Å². The van der Waals surface area contributed by atoms with Crippen LogP contribution < -0.4 is 9.64 Å².